The first-order valence-corrected chi connectivity index (χ1v) is 8.32. The summed E-state index contributed by atoms with van der Waals surface area (Å²) in [5.41, 5.74) is 1.03. The molecule has 1 N–H and O–H groups in total. The number of carbonyl (C=O) groups is 2. The van der Waals surface area contributed by atoms with Crippen molar-refractivity contribution in [3.05, 3.63) is 60.2 Å². The number of carboxylic acid groups (broad SMARTS) is 1. The van der Waals surface area contributed by atoms with Gasteiger partial charge < -0.3 is 19.5 Å². The summed E-state index contributed by atoms with van der Waals surface area (Å²) in [7, 11) is 1.56. The van der Waals surface area contributed by atoms with E-state index in [9.17, 15) is 9.59 Å². The van der Waals surface area contributed by atoms with Crippen LogP contribution in [0.15, 0.2) is 54.6 Å². The van der Waals surface area contributed by atoms with Crippen LogP contribution in [0.2, 0.25) is 0 Å². The van der Waals surface area contributed by atoms with E-state index >= 15 is 0 Å². The number of nitrogens with zero attached hydrogens (tertiary/aromatic N) is 1. The molecule has 0 aliphatic rings. The van der Waals surface area contributed by atoms with E-state index in [1.165, 1.54) is 4.90 Å². The lowest BCUT2D eigenvalue weighted by Gasteiger charge is -2.20. The van der Waals surface area contributed by atoms with Crippen LogP contribution >= 0.6 is 0 Å². The number of hydrogen-bond donors (Lipinski definition) is 1. The molecule has 0 bridgehead atoms. The molecule has 2 aromatic rings. The molecular formula is C20H23NO5. The van der Waals surface area contributed by atoms with Gasteiger partial charge in [0.25, 0.3) is 5.91 Å². The van der Waals surface area contributed by atoms with Crippen molar-refractivity contribution in [1.29, 1.82) is 0 Å². The Morgan fingerprint density at radius 1 is 1.00 bits per heavy atom. The zero-order valence-electron chi connectivity index (χ0n) is 14.9. The van der Waals surface area contributed by atoms with Gasteiger partial charge in [-0.05, 0) is 17.7 Å². The van der Waals surface area contributed by atoms with Crippen molar-refractivity contribution in [1.82, 2.24) is 4.90 Å². The van der Waals surface area contributed by atoms with Crippen molar-refractivity contribution in [3.8, 4) is 11.5 Å². The maximum atomic E-state index is 12.1. The Morgan fingerprint density at radius 2 is 1.58 bits per heavy atom. The Morgan fingerprint density at radius 3 is 2.19 bits per heavy atom. The van der Waals surface area contributed by atoms with Crippen molar-refractivity contribution >= 4 is 11.9 Å². The van der Waals surface area contributed by atoms with Gasteiger partial charge in [-0.15, -0.1) is 0 Å². The molecule has 6 heteroatoms. The number of carbonyl (C=O) groups excluding carboxylic acids is 1. The lowest BCUT2D eigenvalue weighted by atomic mass is 10.2. The summed E-state index contributed by atoms with van der Waals surface area (Å²) in [5, 5.41) is 8.92. The minimum absolute atomic E-state index is 0.129. The van der Waals surface area contributed by atoms with Gasteiger partial charge in [-0.25, -0.2) is 0 Å². The predicted molar refractivity (Wildman–Crippen MR) is 97.1 cm³/mol. The molecule has 1 atom stereocenters. The zero-order chi connectivity index (χ0) is 18.9. The summed E-state index contributed by atoms with van der Waals surface area (Å²) < 4.78 is 11.4. The second-order valence-electron chi connectivity index (χ2n) is 6.02. The molecule has 0 aliphatic carbocycles. The second kappa shape index (κ2) is 9.46. The lowest BCUT2D eigenvalue weighted by Crippen LogP contribution is -2.36. The van der Waals surface area contributed by atoms with Crippen LogP contribution in [0.25, 0.3) is 0 Å². The highest BCUT2D eigenvalue weighted by Crippen LogP contribution is 2.27. The molecule has 0 aliphatic heterocycles. The van der Waals surface area contributed by atoms with Crippen molar-refractivity contribution in [3.63, 3.8) is 0 Å². The Kier molecular flexibility index (Phi) is 7.02. The third-order valence-corrected chi connectivity index (χ3v) is 3.83. The number of aliphatic carboxylic acids is 1. The van der Waals surface area contributed by atoms with E-state index in [1.807, 2.05) is 36.4 Å². The van der Waals surface area contributed by atoms with Gasteiger partial charge in [0, 0.05) is 13.6 Å². The molecule has 0 fully saturated rings. The Bertz CT molecular complexity index is 732. The first kappa shape index (κ1) is 19.3. The summed E-state index contributed by atoms with van der Waals surface area (Å²) in [4.78, 5) is 24.4. The number of rotatable bonds is 9. The number of ether oxygens (including phenoxy) is 2. The summed E-state index contributed by atoms with van der Waals surface area (Å²) in [5.74, 6) is -0.853. The molecule has 0 radical (unpaired) electrons. The molecule has 26 heavy (non-hydrogen) atoms. The minimum atomic E-state index is -0.940. The molecule has 6 nitrogen and oxygen atoms in total. The first-order chi connectivity index (χ1) is 12.5. The largest absolute Gasteiger partial charge is 0.485 e. The summed E-state index contributed by atoms with van der Waals surface area (Å²) in [6, 6.07) is 16.9. The normalized spacial score (nSPS) is 11.5. The van der Waals surface area contributed by atoms with Crippen molar-refractivity contribution in [2.75, 3.05) is 20.2 Å². The fraction of sp³-hybridized carbons (Fsp3) is 0.300. The van der Waals surface area contributed by atoms with Crippen LogP contribution in [-0.2, 0) is 16.2 Å². The van der Waals surface area contributed by atoms with Gasteiger partial charge in [-0.1, -0.05) is 49.4 Å². The average molecular weight is 357 g/mol. The standard InChI is InChI=1S/C20H23NO5/c1-15(20(23)24)12-21(2)19(22)14-26-18-11-7-6-10-17(18)25-13-16-8-4-3-5-9-16/h3-11,15H,12-14H2,1-2H3,(H,23,24). The van der Waals surface area contributed by atoms with Gasteiger partial charge in [-0.2, -0.15) is 0 Å². The van der Waals surface area contributed by atoms with Crippen molar-refractivity contribution in [2.24, 2.45) is 5.92 Å². The van der Waals surface area contributed by atoms with Crippen LogP contribution in [0.5, 0.6) is 11.5 Å². The van der Waals surface area contributed by atoms with Crippen LogP contribution in [0.1, 0.15) is 12.5 Å². The lowest BCUT2D eigenvalue weighted by molar-refractivity contribution is -0.143. The Labute approximate surface area is 153 Å². The number of benzene rings is 2. The molecule has 0 spiro atoms. The first-order valence-electron chi connectivity index (χ1n) is 8.32. The number of para-hydroxylation sites is 2. The van der Waals surface area contributed by atoms with Gasteiger partial charge in [0.1, 0.15) is 6.61 Å². The highest BCUT2D eigenvalue weighted by Gasteiger charge is 2.18. The molecule has 2 rings (SSSR count). The van der Waals surface area contributed by atoms with Gasteiger partial charge in [0.2, 0.25) is 0 Å². The molecule has 1 unspecified atom stereocenters. The summed E-state index contributed by atoms with van der Waals surface area (Å²) >= 11 is 0. The molecule has 138 valence electrons. The van der Waals surface area contributed by atoms with Crippen LogP contribution in [-0.4, -0.2) is 42.1 Å². The van der Waals surface area contributed by atoms with Gasteiger partial charge in [0.05, 0.1) is 5.92 Å². The molecule has 1 amide bonds. The summed E-state index contributed by atoms with van der Waals surface area (Å²) in [6.07, 6.45) is 0. The zero-order valence-corrected chi connectivity index (χ0v) is 14.9. The van der Waals surface area contributed by atoms with E-state index in [2.05, 4.69) is 0 Å². The minimum Gasteiger partial charge on any atom is -0.485 e. The molecule has 2 aromatic carbocycles. The fourth-order valence-electron chi connectivity index (χ4n) is 2.26. The molecular weight excluding hydrogens is 334 g/mol. The van der Waals surface area contributed by atoms with Crippen LogP contribution in [0, 0.1) is 5.92 Å². The predicted octanol–water partition coefficient (Wildman–Crippen LogP) is 2.82. The third kappa shape index (κ3) is 5.81. The molecule has 0 saturated carbocycles. The molecule has 0 heterocycles. The quantitative estimate of drug-likeness (QED) is 0.747. The monoisotopic (exact) mass is 357 g/mol. The summed E-state index contributed by atoms with van der Waals surface area (Å²) in [6.45, 7) is 1.89. The average Bonchev–Trinajstić information content (AvgIpc) is 2.65. The maximum Gasteiger partial charge on any atom is 0.308 e. The van der Waals surface area contributed by atoms with Crippen molar-refractivity contribution in [2.45, 2.75) is 13.5 Å². The van der Waals surface area contributed by atoms with E-state index in [1.54, 1.807) is 32.2 Å². The van der Waals surface area contributed by atoms with Gasteiger partial charge >= 0.3 is 5.97 Å². The SMILES string of the molecule is CC(CN(C)C(=O)COc1ccccc1OCc1ccccc1)C(=O)O. The third-order valence-electron chi connectivity index (χ3n) is 3.83. The number of carboxylic acids is 1. The maximum absolute atomic E-state index is 12.1. The van der Waals surface area contributed by atoms with Crippen LogP contribution in [0.4, 0.5) is 0 Å². The fourth-order valence-corrected chi connectivity index (χ4v) is 2.26. The number of hydrogen-bond acceptors (Lipinski definition) is 4. The topological polar surface area (TPSA) is 76.1 Å². The van der Waals surface area contributed by atoms with Crippen LogP contribution < -0.4 is 9.47 Å². The molecule has 0 saturated heterocycles. The van der Waals surface area contributed by atoms with E-state index < -0.39 is 11.9 Å². The highest BCUT2D eigenvalue weighted by atomic mass is 16.5. The highest BCUT2D eigenvalue weighted by molar-refractivity contribution is 5.78. The van der Waals surface area contributed by atoms with Crippen molar-refractivity contribution < 1.29 is 24.2 Å². The van der Waals surface area contributed by atoms with Gasteiger partial charge in [-0.3, -0.25) is 9.59 Å². The van der Waals surface area contributed by atoms with Gasteiger partial charge in [0.15, 0.2) is 18.1 Å². The number of likely N-dealkylation sites (N-methyl/N-ethyl adjacent to an activating group) is 1. The van der Waals surface area contributed by atoms with E-state index in [0.717, 1.165) is 5.56 Å². The molecule has 0 aromatic heterocycles. The smallest absolute Gasteiger partial charge is 0.308 e. The second-order valence-corrected chi connectivity index (χ2v) is 6.02. The Hall–Kier alpha value is -3.02. The Balaban J connectivity index is 1.91. The van der Waals surface area contributed by atoms with E-state index in [4.69, 9.17) is 14.6 Å². The number of amides is 1. The van der Waals surface area contributed by atoms with E-state index in [0.29, 0.717) is 18.1 Å². The van der Waals surface area contributed by atoms with Crippen LogP contribution in [0.3, 0.4) is 0 Å². The van der Waals surface area contributed by atoms with E-state index in [-0.39, 0.29) is 19.1 Å².